The van der Waals surface area contributed by atoms with E-state index < -0.39 is 0 Å². The molecule has 2 fully saturated rings. The number of carbonyl (C=O) groups is 2. The maximum absolute atomic E-state index is 13.0. The molecule has 2 aliphatic carbocycles. The molecule has 38 heavy (non-hydrogen) atoms. The lowest BCUT2D eigenvalue weighted by atomic mass is 9.91. The summed E-state index contributed by atoms with van der Waals surface area (Å²) in [6.45, 7) is 0. The minimum absolute atomic E-state index is 0.0298. The Morgan fingerprint density at radius 2 is 1.55 bits per heavy atom. The van der Waals surface area contributed by atoms with Crippen LogP contribution in [0.5, 0.6) is 0 Å². The number of anilines is 3. The second kappa shape index (κ2) is 10.4. The van der Waals surface area contributed by atoms with Gasteiger partial charge in [-0.1, -0.05) is 18.2 Å². The third-order valence-corrected chi connectivity index (χ3v) is 6.91. The topological polar surface area (TPSA) is 138 Å². The van der Waals surface area contributed by atoms with Crippen LogP contribution in [0.1, 0.15) is 59.4 Å². The first-order chi connectivity index (χ1) is 18.6. The Morgan fingerprint density at radius 3 is 2.29 bits per heavy atom. The molecule has 2 saturated carbocycles. The van der Waals surface area contributed by atoms with E-state index in [1.54, 1.807) is 16.8 Å². The predicted molar refractivity (Wildman–Crippen MR) is 143 cm³/mol. The quantitative estimate of drug-likeness (QED) is 0.282. The number of hydrogen-bond donors (Lipinski definition) is 4. The zero-order valence-corrected chi connectivity index (χ0v) is 20.8. The van der Waals surface area contributed by atoms with Gasteiger partial charge >= 0.3 is 0 Å². The largest absolute Gasteiger partial charge is 0.379 e. The van der Waals surface area contributed by atoms with Crippen molar-refractivity contribution in [3.05, 3.63) is 72.4 Å². The summed E-state index contributed by atoms with van der Waals surface area (Å²) in [7, 11) is 0. The molecule has 0 saturated heterocycles. The fraction of sp³-hybridized carbons (Fsp3) is 0.333. The monoisotopic (exact) mass is 511 g/mol. The lowest BCUT2D eigenvalue weighted by molar-refractivity contribution is 0.0925. The molecule has 0 unspecified atom stereocenters. The Kier molecular flexibility index (Phi) is 6.55. The van der Waals surface area contributed by atoms with Crippen LogP contribution in [0.4, 0.5) is 17.3 Å². The van der Waals surface area contributed by atoms with E-state index in [0.29, 0.717) is 34.6 Å². The third-order valence-electron chi connectivity index (χ3n) is 6.91. The van der Waals surface area contributed by atoms with Gasteiger partial charge in [0, 0.05) is 36.0 Å². The van der Waals surface area contributed by atoms with Gasteiger partial charge in [0.05, 0.1) is 11.9 Å². The molecular weight excluding hydrogens is 482 g/mol. The van der Waals surface area contributed by atoms with Crippen LogP contribution in [0, 0.1) is 0 Å². The second-order valence-electron chi connectivity index (χ2n) is 9.82. The molecule has 194 valence electrons. The molecule has 4 N–H and O–H groups in total. The summed E-state index contributed by atoms with van der Waals surface area (Å²) in [5.74, 6) is 0.693. The average molecular weight is 512 g/mol. The van der Waals surface area contributed by atoms with Gasteiger partial charge in [-0.15, -0.1) is 5.10 Å². The Balaban J connectivity index is 1.16. The van der Waals surface area contributed by atoms with E-state index in [-0.39, 0.29) is 23.9 Å². The predicted octanol–water partition coefficient (Wildman–Crippen LogP) is 3.50. The van der Waals surface area contributed by atoms with Crippen molar-refractivity contribution in [2.45, 2.75) is 56.7 Å². The van der Waals surface area contributed by atoms with Gasteiger partial charge in [-0.25, -0.2) is 19.5 Å². The molecule has 2 aliphatic rings. The van der Waals surface area contributed by atoms with E-state index >= 15 is 0 Å². The van der Waals surface area contributed by atoms with Gasteiger partial charge < -0.3 is 21.3 Å². The summed E-state index contributed by atoms with van der Waals surface area (Å²) < 4.78 is 1.58. The van der Waals surface area contributed by atoms with Crippen molar-refractivity contribution in [3.63, 3.8) is 0 Å². The number of nitrogens with one attached hydrogen (secondary N) is 4. The van der Waals surface area contributed by atoms with Crippen molar-refractivity contribution in [2.75, 3.05) is 16.0 Å². The number of hydrogen-bond acceptors (Lipinski definition) is 8. The van der Waals surface area contributed by atoms with Crippen molar-refractivity contribution >= 4 is 34.8 Å². The molecule has 0 radical (unpaired) electrons. The minimum atomic E-state index is -0.354. The molecule has 3 aromatic heterocycles. The van der Waals surface area contributed by atoms with Gasteiger partial charge in [0.2, 0.25) is 0 Å². The minimum Gasteiger partial charge on any atom is -0.379 e. The van der Waals surface area contributed by atoms with Crippen LogP contribution < -0.4 is 21.3 Å². The standard InChI is InChI=1S/C27H29N9O2/c37-26(17-4-2-1-3-5-17)33-20-10-8-19(9-11-20)32-24-14-21(31-18-6-7-18)25-29-15-22(36(25)35-24)27(38)34-23-12-13-28-16-30-23/h1-5,12-16,18-20,31H,6-11H2,(H,32,35)(H,33,37)(H,28,30,34,38)/t19-,20-. The highest BCUT2D eigenvalue weighted by molar-refractivity contribution is 6.03. The Morgan fingerprint density at radius 1 is 0.816 bits per heavy atom. The van der Waals surface area contributed by atoms with Crippen LogP contribution in [0.15, 0.2) is 61.2 Å². The Labute approximate surface area is 219 Å². The van der Waals surface area contributed by atoms with E-state index in [1.807, 2.05) is 36.4 Å². The summed E-state index contributed by atoms with van der Waals surface area (Å²) >= 11 is 0. The zero-order chi connectivity index (χ0) is 25.9. The van der Waals surface area contributed by atoms with Gasteiger partial charge in [-0.05, 0) is 56.7 Å². The summed E-state index contributed by atoms with van der Waals surface area (Å²) in [5.41, 5.74) is 2.44. The fourth-order valence-electron chi connectivity index (χ4n) is 4.74. The molecular formula is C27H29N9O2. The van der Waals surface area contributed by atoms with Crippen LogP contribution in [-0.4, -0.2) is 54.5 Å². The molecule has 11 heteroatoms. The van der Waals surface area contributed by atoms with Crippen molar-refractivity contribution in [2.24, 2.45) is 0 Å². The summed E-state index contributed by atoms with van der Waals surface area (Å²) in [5, 5.41) is 17.7. The summed E-state index contributed by atoms with van der Waals surface area (Å²) in [4.78, 5) is 38.0. The lowest BCUT2D eigenvalue weighted by Crippen LogP contribution is -2.40. The molecule has 0 atom stereocenters. The molecule has 1 aromatic carbocycles. The van der Waals surface area contributed by atoms with Crippen molar-refractivity contribution in [1.29, 1.82) is 0 Å². The average Bonchev–Trinajstić information content (AvgIpc) is 3.65. The van der Waals surface area contributed by atoms with Crippen molar-refractivity contribution in [3.8, 4) is 0 Å². The number of carbonyl (C=O) groups excluding carboxylic acids is 2. The van der Waals surface area contributed by atoms with Crippen LogP contribution >= 0.6 is 0 Å². The Bertz CT molecular complexity index is 1430. The van der Waals surface area contributed by atoms with E-state index in [4.69, 9.17) is 5.10 Å². The smallest absolute Gasteiger partial charge is 0.277 e. The summed E-state index contributed by atoms with van der Waals surface area (Å²) in [6, 6.07) is 13.7. The van der Waals surface area contributed by atoms with Gasteiger partial charge in [0.25, 0.3) is 11.8 Å². The number of aromatic nitrogens is 5. The highest BCUT2D eigenvalue weighted by atomic mass is 16.2. The maximum atomic E-state index is 13.0. The first kappa shape index (κ1) is 23.8. The molecule has 0 bridgehead atoms. The SMILES string of the molecule is O=C(N[C@H]1CC[C@H](Nc2cc(NC3CC3)c3ncc(C(=O)Nc4ccncn4)n3n2)CC1)c1ccccc1. The number of imidazole rings is 1. The van der Waals surface area contributed by atoms with Crippen molar-refractivity contribution < 1.29 is 9.59 Å². The second-order valence-corrected chi connectivity index (χ2v) is 9.82. The van der Waals surface area contributed by atoms with Gasteiger partial charge in [0.15, 0.2) is 11.3 Å². The molecule has 3 heterocycles. The Hall–Kier alpha value is -4.54. The summed E-state index contributed by atoms with van der Waals surface area (Å²) in [6.07, 6.45) is 10.2. The molecule has 4 aromatic rings. The van der Waals surface area contributed by atoms with Gasteiger partial charge in [-0.2, -0.15) is 0 Å². The molecule has 11 nitrogen and oxygen atoms in total. The molecule has 6 rings (SSSR count). The zero-order valence-electron chi connectivity index (χ0n) is 20.8. The van der Waals surface area contributed by atoms with Gasteiger partial charge in [0.1, 0.15) is 18.0 Å². The van der Waals surface area contributed by atoms with Crippen LogP contribution in [-0.2, 0) is 0 Å². The number of amides is 2. The van der Waals surface area contributed by atoms with E-state index in [2.05, 4.69) is 36.2 Å². The molecule has 0 aliphatic heterocycles. The highest BCUT2D eigenvalue weighted by Gasteiger charge is 2.26. The third kappa shape index (κ3) is 5.41. The maximum Gasteiger partial charge on any atom is 0.277 e. The van der Waals surface area contributed by atoms with Crippen LogP contribution in [0.2, 0.25) is 0 Å². The van der Waals surface area contributed by atoms with Gasteiger partial charge in [-0.3, -0.25) is 9.59 Å². The van der Waals surface area contributed by atoms with Crippen LogP contribution in [0.3, 0.4) is 0 Å². The highest BCUT2D eigenvalue weighted by Crippen LogP contribution is 2.30. The number of benzene rings is 1. The fourth-order valence-corrected chi connectivity index (χ4v) is 4.74. The number of fused-ring (bicyclic) bond motifs is 1. The first-order valence-electron chi connectivity index (χ1n) is 13.0. The molecule has 0 spiro atoms. The normalized spacial score (nSPS) is 19.1. The van der Waals surface area contributed by atoms with Crippen LogP contribution in [0.25, 0.3) is 5.65 Å². The molecule has 2 amide bonds. The number of rotatable bonds is 8. The lowest BCUT2D eigenvalue weighted by Gasteiger charge is -2.30. The van der Waals surface area contributed by atoms with E-state index in [0.717, 1.165) is 44.2 Å². The van der Waals surface area contributed by atoms with E-state index in [9.17, 15) is 9.59 Å². The van der Waals surface area contributed by atoms with E-state index in [1.165, 1.54) is 12.5 Å². The number of nitrogens with zero attached hydrogens (tertiary/aromatic N) is 5. The van der Waals surface area contributed by atoms with Crippen molar-refractivity contribution in [1.82, 2.24) is 29.9 Å². The first-order valence-corrected chi connectivity index (χ1v) is 13.0.